The first-order valence-electron chi connectivity index (χ1n) is 45.9. The van der Waals surface area contributed by atoms with E-state index in [2.05, 4.69) is 0 Å². The van der Waals surface area contributed by atoms with E-state index in [1.165, 1.54) is 0 Å². The van der Waals surface area contributed by atoms with Gasteiger partial charge in [-0.05, 0) is 179 Å². The third-order valence-corrected chi connectivity index (χ3v) is 16.5. The van der Waals surface area contributed by atoms with Crippen LogP contribution in [0, 0.1) is 11.8 Å². The molecule has 1 fully saturated rings. The van der Waals surface area contributed by atoms with E-state index in [4.69, 9.17) is 80.5 Å². The second-order valence-corrected chi connectivity index (χ2v) is 28.8. The van der Waals surface area contributed by atoms with Gasteiger partial charge >= 0.3 is 83.6 Å². The number of esters is 14. The smallest absolute Gasteiger partial charge is 0.311 e. The predicted octanol–water partition coefficient (Wildman–Crippen LogP) is 17.7. The van der Waals surface area contributed by atoms with Crippen molar-refractivity contribution in [2.45, 2.75) is 354 Å². The summed E-state index contributed by atoms with van der Waals surface area (Å²) >= 11 is 0. The van der Waals surface area contributed by atoms with Crippen LogP contribution in [0.2, 0.25) is 0 Å². The minimum atomic E-state index is -0.283. The van der Waals surface area contributed by atoms with Gasteiger partial charge in [0, 0.05) is 102 Å². The molecule has 31 nitrogen and oxygen atoms in total. The highest BCUT2D eigenvalue weighted by atomic mass is 16.6. The topological polar surface area (TPSA) is 396 Å². The highest BCUT2D eigenvalue weighted by Gasteiger charge is 2.24. The molecule has 1 unspecified atom stereocenters. The molecule has 2 rings (SSSR count). The summed E-state index contributed by atoms with van der Waals surface area (Å²) in [6, 6.07) is 6.54. The van der Waals surface area contributed by atoms with Gasteiger partial charge in [0.15, 0.2) is 0 Å². The second-order valence-electron chi connectivity index (χ2n) is 28.8. The molecule has 0 bridgehead atoms. The summed E-state index contributed by atoms with van der Waals surface area (Å²) in [5.74, 6) is -0.667. The number of carbonyl (C=O) groups excluding carboxylic acids is 14. The van der Waals surface area contributed by atoms with E-state index >= 15 is 0 Å². The number of ether oxygens (including phenoxy) is 17. The SMILES string of the molecule is CCCC(=O)OCC1CCC(COC(=O)CCC)CC1.CCCC(=O)OCCC(C)OC(=O)CCC.CCCC(=O)OCCCCCCOC(=O)CCC.CCCC(=O)OCCCCOC(=O)CCC.CCCC(=O)OCCOCCOC(=O)CCC.CCCC(=O)OCCOCCOCCOC(=O)CC.CCCC(=O)Oc1cccc(OC(=O)CCC)c1. The molecule has 1 aliphatic rings. The quantitative estimate of drug-likeness (QED) is 0.0253. The summed E-state index contributed by atoms with van der Waals surface area (Å²) in [6.07, 6.45) is 26.6. The Morgan fingerprint density at radius 1 is 0.258 bits per heavy atom. The lowest BCUT2D eigenvalue weighted by Crippen LogP contribution is -2.23. The zero-order chi connectivity index (χ0) is 93.7. The fourth-order valence-corrected chi connectivity index (χ4v) is 9.90. The molecule has 1 aromatic carbocycles. The molecule has 0 aliphatic heterocycles. The van der Waals surface area contributed by atoms with Gasteiger partial charge in [-0.15, -0.1) is 0 Å². The molecular formula is C93H162O31. The van der Waals surface area contributed by atoms with E-state index < -0.39 is 0 Å². The molecule has 1 atom stereocenters. The molecule has 0 saturated heterocycles. The van der Waals surface area contributed by atoms with Crippen molar-refractivity contribution < 1.29 is 148 Å². The summed E-state index contributed by atoms with van der Waals surface area (Å²) < 4.78 is 85.8. The number of hydrogen-bond acceptors (Lipinski definition) is 31. The van der Waals surface area contributed by atoms with E-state index in [0.717, 1.165) is 148 Å². The first-order chi connectivity index (χ1) is 59.7. The lowest BCUT2D eigenvalue weighted by Gasteiger charge is -2.27. The molecule has 0 N–H and O–H groups in total. The molecule has 1 aromatic rings. The summed E-state index contributed by atoms with van der Waals surface area (Å²) in [5.41, 5.74) is 0. The largest absolute Gasteiger partial charge is 0.466 e. The van der Waals surface area contributed by atoms with Crippen LogP contribution in [-0.2, 0) is 138 Å². The normalized spacial score (nSPS) is 12.2. The average Bonchev–Trinajstić information content (AvgIpc) is 0.895. The van der Waals surface area contributed by atoms with Gasteiger partial charge in [0.25, 0.3) is 0 Å². The first kappa shape index (κ1) is 124. The fraction of sp³-hybridized carbons (Fsp3) is 0.785. The zero-order valence-electron chi connectivity index (χ0n) is 78.6. The van der Waals surface area contributed by atoms with Crippen LogP contribution in [0.1, 0.15) is 348 Å². The van der Waals surface area contributed by atoms with Crippen molar-refractivity contribution in [1.29, 1.82) is 0 Å². The number of hydrogen-bond donors (Lipinski definition) is 0. The van der Waals surface area contributed by atoms with Gasteiger partial charge < -0.3 is 80.5 Å². The Labute approximate surface area is 741 Å². The molecule has 0 aromatic heterocycles. The Bertz CT molecular complexity index is 2710. The van der Waals surface area contributed by atoms with Gasteiger partial charge in [-0.3, -0.25) is 67.1 Å². The van der Waals surface area contributed by atoms with E-state index in [9.17, 15) is 67.1 Å². The maximum absolute atomic E-state index is 11.3. The van der Waals surface area contributed by atoms with Crippen molar-refractivity contribution in [3.8, 4) is 11.5 Å². The minimum absolute atomic E-state index is 0.0804. The van der Waals surface area contributed by atoms with Crippen LogP contribution >= 0.6 is 0 Å². The van der Waals surface area contributed by atoms with Gasteiger partial charge in [0.05, 0.1) is 85.9 Å². The van der Waals surface area contributed by atoms with Crippen molar-refractivity contribution >= 4 is 83.6 Å². The van der Waals surface area contributed by atoms with Gasteiger partial charge in [-0.1, -0.05) is 103 Å². The second kappa shape index (κ2) is 95.3. The molecule has 0 radical (unpaired) electrons. The zero-order valence-corrected chi connectivity index (χ0v) is 78.6. The molecule has 124 heavy (non-hydrogen) atoms. The maximum atomic E-state index is 11.3. The van der Waals surface area contributed by atoms with Crippen LogP contribution in [0.25, 0.3) is 0 Å². The van der Waals surface area contributed by atoms with Gasteiger partial charge in [0.2, 0.25) is 0 Å². The van der Waals surface area contributed by atoms with Crippen molar-refractivity contribution in [3.05, 3.63) is 24.3 Å². The van der Waals surface area contributed by atoms with Crippen LogP contribution in [0.4, 0.5) is 0 Å². The van der Waals surface area contributed by atoms with Crippen LogP contribution in [0.15, 0.2) is 24.3 Å². The molecule has 0 heterocycles. The van der Waals surface area contributed by atoms with Crippen LogP contribution in [0.5, 0.6) is 11.5 Å². The Balaban J connectivity index is -0.000000445. The molecule has 1 aliphatic carbocycles. The van der Waals surface area contributed by atoms with Crippen molar-refractivity contribution in [2.75, 3.05) is 112 Å². The van der Waals surface area contributed by atoms with Crippen molar-refractivity contribution in [2.24, 2.45) is 11.8 Å². The average molecular weight is 1780 g/mol. The number of carbonyl (C=O) groups is 14. The third kappa shape index (κ3) is 94.4. The van der Waals surface area contributed by atoms with Gasteiger partial charge in [-0.25, -0.2) is 0 Å². The van der Waals surface area contributed by atoms with E-state index in [-0.39, 0.29) is 116 Å². The van der Waals surface area contributed by atoms with Crippen LogP contribution in [0.3, 0.4) is 0 Å². The first-order valence-corrected chi connectivity index (χ1v) is 45.9. The van der Waals surface area contributed by atoms with E-state index in [1.807, 2.05) is 90.0 Å². The standard InChI is InChI=1S/C16H28O4.C14H18O4.C14H26O4.C13H24O6.C12H22O5.2C12H22O4/c1-3-5-15(17)19-11-13-7-9-14(10-8-13)12-20-16(18)6-4-2;1-3-6-13(15)17-11-8-5-9-12(10-11)18-14(16)7-4-2;1-3-9-13(15)17-11-7-5-6-8-12-18-14(16)10-4-2;1-3-5-13(15)19-11-9-17-7-6-16-8-10-18-12(14)4-2;1-3-5-11(13)16-9-7-15-8-10-17-12(14)6-4-2;1-4-6-11(13)15-9-8-10(3)16-12(14)7-5-2;1-3-7-11(13)15-9-5-6-10-16-12(14)8-4-2/h13-14H,3-12H2,1-2H3;5,8-10H,3-4,6-7H2,1-2H3;3-12H2,1-2H3;3-11H2,1-2H3;3-10H2,1-2H3;10H,4-9H2,1-3H3;3-10H2,1-2H3. The molecule has 31 heteroatoms. The summed E-state index contributed by atoms with van der Waals surface area (Å²) in [7, 11) is 0. The summed E-state index contributed by atoms with van der Waals surface area (Å²) in [5, 5.41) is 0. The lowest BCUT2D eigenvalue weighted by molar-refractivity contribution is -0.151. The highest BCUT2D eigenvalue weighted by molar-refractivity contribution is 5.75. The van der Waals surface area contributed by atoms with Crippen molar-refractivity contribution in [3.63, 3.8) is 0 Å². The van der Waals surface area contributed by atoms with Crippen LogP contribution in [-0.4, -0.2) is 202 Å². The fourth-order valence-electron chi connectivity index (χ4n) is 9.90. The lowest BCUT2D eigenvalue weighted by atomic mass is 9.83. The Morgan fingerprint density at radius 3 is 0.742 bits per heavy atom. The monoisotopic (exact) mass is 1780 g/mol. The Kier molecular flexibility index (Phi) is 95.5. The molecular weight excluding hydrogens is 1610 g/mol. The number of unbranched alkanes of at least 4 members (excludes halogenated alkanes) is 4. The Morgan fingerprint density at radius 2 is 0.476 bits per heavy atom. The number of benzene rings is 1. The minimum Gasteiger partial charge on any atom is -0.466 e. The van der Waals surface area contributed by atoms with Crippen LogP contribution < -0.4 is 9.47 Å². The predicted molar refractivity (Wildman–Crippen MR) is 468 cm³/mol. The third-order valence-electron chi connectivity index (χ3n) is 16.5. The Hall–Kier alpha value is -8.32. The summed E-state index contributed by atoms with van der Waals surface area (Å²) in [6.45, 7) is 35.3. The molecule has 1 saturated carbocycles. The molecule has 0 amide bonds. The highest BCUT2D eigenvalue weighted by Crippen LogP contribution is 2.29. The van der Waals surface area contributed by atoms with E-state index in [1.54, 1.807) is 38.1 Å². The maximum Gasteiger partial charge on any atom is 0.311 e. The van der Waals surface area contributed by atoms with E-state index in [0.29, 0.717) is 206 Å². The summed E-state index contributed by atoms with van der Waals surface area (Å²) in [4.78, 5) is 155. The molecule has 720 valence electrons. The molecule has 0 spiro atoms. The van der Waals surface area contributed by atoms with Crippen molar-refractivity contribution in [1.82, 2.24) is 0 Å². The van der Waals surface area contributed by atoms with Gasteiger partial charge in [-0.2, -0.15) is 0 Å². The number of rotatable bonds is 64. The van der Waals surface area contributed by atoms with Gasteiger partial charge in [0.1, 0.15) is 44.0 Å².